The molecule has 6 heterocycles. The van der Waals surface area contributed by atoms with Gasteiger partial charge in [0.05, 0.1) is 35.3 Å². The van der Waals surface area contributed by atoms with Crippen LogP contribution in [0.15, 0.2) is 41.9 Å². The Bertz CT molecular complexity index is 1590. The summed E-state index contributed by atoms with van der Waals surface area (Å²) in [6.45, 7) is 6.67. The lowest BCUT2D eigenvalue weighted by Gasteiger charge is -2.30. The highest BCUT2D eigenvalue weighted by atomic mass is 32.1. The molecule has 10 nitrogen and oxygen atoms in total. The molecule has 2 aliphatic rings. The fraction of sp³-hybridized carbons (Fsp3) is 0.370. The maximum atomic E-state index is 12.8. The number of nitrogens with one attached hydrogen (secondary N) is 1. The van der Waals surface area contributed by atoms with Crippen LogP contribution in [-0.4, -0.2) is 60.0 Å². The van der Waals surface area contributed by atoms with Crippen LogP contribution in [0.3, 0.4) is 0 Å². The van der Waals surface area contributed by atoms with Crippen molar-refractivity contribution in [1.82, 2.24) is 29.0 Å². The Labute approximate surface area is 224 Å². The number of aryl methyl sites for hydroxylation is 2. The van der Waals surface area contributed by atoms with Crippen LogP contribution in [0.25, 0.3) is 22.5 Å². The monoisotopic (exact) mass is 530 g/mol. The second-order valence-electron chi connectivity index (χ2n) is 10.6. The lowest BCUT2D eigenvalue weighted by Crippen LogP contribution is -2.39. The number of ether oxygens (including phenoxy) is 1. The topological polar surface area (TPSA) is 102 Å². The van der Waals surface area contributed by atoms with E-state index in [0.717, 1.165) is 51.8 Å². The third kappa shape index (κ3) is 4.81. The molecular formula is C27H30N8O2S. The fourth-order valence-electron chi connectivity index (χ4n) is 4.66. The Hall–Kier alpha value is -3.99. The Morgan fingerprint density at radius 1 is 1.18 bits per heavy atom. The third-order valence-electron chi connectivity index (χ3n) is 6.40. The second kappa shape index (κ2) is 9.39. The molecule has 0 radical (unpaired) electrons. The van der Waals surface area contributed by atoms with Crippen LogP contribution in [0.1, 0.15) is 44.9 Å². The van der Waals surface area contributed by atoms with Crippen LogP contribution in [-0.2, 0) is 18.2 Å². The van der Waals surface area contributed by atoms with E-state index in [1.165, 1.54) is 5.56 Å². The number of imidazole rings is 1. The summed E-state index contributed by atoms with van der Waals surface area (Å²) in [6.07, 6.45) is 14.1. The standard InChI is InChI=1S/C27H30N8O2S/c1-27(2,3)37-26(36)34-10-6-8-18(15-34)20-16-35-21(19-12-30-33(4)14-19)13-29-24(35)23(31-20)32-22-11-17-7-5-9-28-25(17)38-22/h8-9,11-14,16H,5-7,10,15H2,1-4H3,(H,31,32). The molecule has 0 bridgehead atoms. The first-order valence-corrected chi connectivity index (χ1v) is 13.5. The molecule has 6 rings (SSSR count). The number of aromatic nitrogens is 5. The number of rotatable bonds is 4. The highest BCUT2D eigenvalue weighted by molar-refractivity contribution is 7.20. The molecule has 0 aliphatic carbocycles. The number of thiophene rings is 1. The van der Waals surface area contributed by atoms with Gasteiger partial charge in [-0.1, -0.05) is 17.4 Å². The lowest BCUT2D eigenvalue weighted by atomic mass is 10.1. The van der Waals surface area contributed by atoms with Gasteiger partial charge in [0.1, 0.15) is 10.6 Å². The van der Waals surface area contributed by atoms with E-state index >= 15 is 0 Å². The molecule has 1 N–H and O–H groups in total. The number of carbonyl (C=O) groups is 1. The molecule has 2 aliphatic heterocycles. The molecule has 0 spiro atoms. The maximum Gasteiger partial charge on any atom is 0.410 e. The number of nitrogens with zero attached hydrogens (tertiary/aromatic N) is 7. The van der Waals surface area contributed by atoms with Gasteiger partial charge in [-0.25, -0.2) is 14.8 Å². The summed E-state index contributed by atoms with van der Waals surface area (Å²) in [6, 6.07) is 2.15. The average molecular weight is 531 g/mol. The van der Waals surface area contributed by atoms with E-state index in [1.807, 2.05) is 63.2 Å². The van der Waals surface area contributed by atoms with Crippen molar-refractivity contribution in [3.05, 3.63) is 48.2 Å². The van der Waals surface area contributed by atoms with Crippen LogP contribution >= 0.6 is 11.3 Å². The first-order chi connectivity index (χ1) is 18.2. The zero-order valence-electron chi connectivity index (χ0n) is 21.9. The van der Waals surface area contributed by atoms with E-state index in [4.69, 9.17) is 14.7 Å². The molecule has 0 fully saturated rings. The maximum absolute atomic E-state index is 12.8. The first-order valence-electron chi connectivity index (χ1n) is 12.7. The van der Waals surface area contributed by atoms with E-state index in [-0.39, 0.29) is 6.09 Å². The van der Waals surface area contributed by atoms with Gasteiger partial charge in [-0.15, -0.1) is 0 Å². The summed E-state index contributed by atoms with van der Waals surface area (Å²) in [4.78, 5) is 28.8. The zero-order chi connectivity index (χ0) is 26.4. The second-order valence-corrected chi connectivity index (χ2v) is 11.6. The largest absolute Gasteiger partial charge is 0.444 e. The van der Waals surface area contributed by atoms with Gasteiger partial charge in [0.2, 0.25) is 0 Å². The van der Waals surface area contributed by atoms with Gasteiger partial charge >= 0.3 is 6.09 Å². The van der Waals surface area contributed by atoms with E-state index in [2.05, 4.69) is 27.6 Å². The molecule has 4 aromatic rings. The molecule has 4 aromatic heterocycles. The zero-order valence-corrected chi connectivity index (χ0v) is 22.7. The van der Waals surface area contributed by atoms with Crippen molar-refractivity contribution in [2.75, 3.05) is 18.4 Å². The van der Waals surface area contributed by atoms with Crippen molar-refractivity contribution in [3.63, 3.8) is 0 Å². The van der Waals surface area contributed by atoms with E-state index in [9.17, 15) is 4.79 Å². The molecule has 0 saturated carbocycles. The quantitative estimate of drug-likeness (QED) is 0.368. The highest BCUT2D eigenvalue weighted by Crippen LogP contribution is 2.39. The van der Waals surface area contributed by atoms with Crippen molar-refractivity contribution < 1.29 is 9.53 Å². The normalized spacial score (nSPS) is 15.5. The summed E-state index contributed by atoms with van der Waals surface area (Å²) < 4.78 is 9.45. The Kier molecular flexibility index (Phi) is 6.02. The third-order valence-corrected chi connectivity index (χ3v) is 7.40. The minimum atomic E-state index is -0.550. The van der Waals surface area contributed by atoms with Crippen LogP contribution in [0.2, 0.25) is 0 Å². The molecule has 0 unspecified atom stereocenters. The number of hydrogen-bond acceptors (Lipinski definition) is 8. The van der Waals surface area contributed by atoms with E-state index < -0.39 is 5.60 Å². The summed E-state index contributed by atoms with van der Waals surface area (Å²) in [5.74, 6) is 0.649. The molecule has 11 heteroatoms. The van der Waals surface area contributed by atoms with E-state index in [0.29, 0.717) is 24.6 Å². The molecule has 0 atom stereocenters. The molecule has 38 heavy (non-hydrogen) atoms. The molecule has 1 amide bonds. The van der Waals surface area contributed by atoms with Crippen molar-refractivity contribution in [2.45, 2.75) is 45.6 Å². The molecule has 0 saturated heterocycles. The Morgan fingerprint density at radius 3 is 2.82 bits per heavy atom. The minimum Gasteiger partial charge on any atom is -0.444 e. The first kappa shape index (κ1) is 24.4. The van der Waals surface area contributed by atoms with Crippen molar-refractivity contribution in [2.24, 2.45) is 12.0 Å². The smallest absolute Gasteiger partial charge is 0.410 e. The SMILES string of the molecule is Cn1cc(-c2cnc3c(Nc4cc5c(s4)N=CCC5)nc(C4=CCCN(C(=O)OC(C)(C)C)C4)cn23)cn1. The summed E-state index contributed by atoms with van der Waals surface area (Å²) in [5.41, 5.74) is 5.01. The molecule has 196 valence electrons. The predicted octanol–water partition coefficient (Wildman–Crippen LogP) is 5.61. The number of anilines is 2. The van der Waals surface area contributed by atoms with Crippen molar-refractivity contribution in [3.8, 4) is 11.3 Å². The Morgan fingerprint density at radius 2 is 2.05 bits per heavy atom. The predicted molar refractivity (Wildman–Crippen MR) is 150 cm³/mol. The van der Waals surface area contributed by atoms with Gasteiger partial charge in [0, 0.05) is 37.8 Å². The van der Waals surface area contributed by atoms with Crippen LogP contribution in [0, 0.1) is 0 Å². The fourth-order valence-corrected chi connectivity index (χ4v) is 5.64. The number of carbonyl (C=O) groups excluding carboxylic acids is 1. The summed E-state index contributed by atoms with van der Waals surface area (Å²) in [7, 11) is 1.89. The van der Waals surface area contributed by atoms with Crippen LogP contribution in [0.5, 0.6) is 0 Å². The highest BCUT2D eigenvalue weighted by Gasteiger charge is 2.26. The Balaban J connectivity index is 1.40. The van der Waals surface area contributed by atoms with Crippen LogP contribution in [0.4, 0.5) is 20.6 Å². The van der Waals surface area contributed by atoms with Crippen molar-refractivity contribution >= 4 is 50.7 Å². The number of aliphatic imine (C=N–C) groups is 1. The van der Waals surface area contributed by atoms with Crippen LogP contribution < -0.4 is 5.32 Å². The van der Waals surface area contributed by atoms with Gasteiger partial charge in [-0.2, -0.15) is 5.10 Å². The number of fused-ring (bicyclic) bond motifs is 2. The van der Waals surface area contributed by atoms with Gasteiger partial charge < -0.3 is 15.0 Å². The summed E-state index contributed by atoms with van der Waals surface area (Å²) >= 11 is 1.61. The van der Waals surface area contributed by atoms with Gasteiger partial charge in [0.15, 0.2) is 11.5 Å². The molecular weight excluding hydrogens is 500 g/mol. The minimum absolute atomic E-state index is 0.314. The average Bonchev–Trinajstić information content (AvgIpc) is 3.60. The summed E-state index contributed by atoms with van der Waals surface area (Å²) in [5, 5.41) is 9.86. The lowest BCUT2D eigenvalue weighted by molar-refractivity contribution is 0.0273. The van der Waals surface area contributed by atoms with Gasteiger partial charge in [0.25, 0.3) is 0 Å². The van der Waals surface area contributed by atoms with Gasteiger partial charge in [-0.05, 0) is 57.2 Å². The van der Waals surface area contributed by atoms with Crippen molar-refractivity contribution in [1.29, 1.82) is 0 Å². The number of hydrogen-bond donors (Lipinski definition) is 1. The molecule has 0 aromatic carbocycles. The number of amides is 1. The van der Waals surface area contributed by atoms with E-state index in [1.54, 1.807) is 20.9 Å². The van der Waals surface area contributed by atoms with Gasteiger partial charge in [-0.3, -0.25) is 14.1 Å².